The Morgan fingerprint density at radius 3 is 2.15 bits per heavy atom. The third-order valence-corrected chi connectivity index (χ3v) is 3.76. The predicted octanol–water partition coefficient (Wildman–Crippen LogP) is -2.27. The smallest absolute Gasteiger partial charge is 0.326 e. The third kappa shape index (κ3) is 11.3. The molecule has 0 fully saturated rings. The second-order valence-corrected chi connectivity index (χ2v) is 6.26. The lowest BCUT2D eigenvalue weighted by Crippen LogP contribution is -2.48. The zero-order valence-corrected chi connectivity index (χ0v) is 15.1. The van der Waals surface area contributed by atoms with E-state index in [1.807, 2.05) is 6.26 Å². The van der Waals surface area contributed by atoms with Crippen LogP contribution in [0.5, 0.6) is 0 Å². The van der Waals surface area contributed by atoms with Crippen molar-refractivity contribution in [3.8, 4) is 0 Å². The van der Waals surface area contributed by atoms with Crippen molar-refractivity contribution < 1.29 is 34.2 Å². The molecule has 12 heteroatoms. The predicted molar refractivity (Wildman–Crippen MR) is 93.4 cm³/mol. The minimum Gasteiger partial charge on any atom is -0.481 e. The minimum absolute atomic E-state index is 0.283. The minimum atomic E-state index is -1.38. The van der Waals surface area contributed by atoms with E-state index >= 15 is 0 Å². The van der Waals surface area contributed by atoms with E-state index in [1.54, 1.807) is 0 Å². The van der Waals surface area contributed by atoms with Gasteiger partial charge in [0.05, 0.1) is 19.1 Å². The molecule has 0 aliphatic carbocycles. The lowest BCUT2D eigenvalue weighted by atomic mass is 10.1. The second-order valence-electron chi connectivity index (χ2n) is 5.27. The maximum atomic E-state index is 11.6. The van der Waals surface area contributed by atoms with Crippen LogP contribution in [0.4, 0.5) is 0 Å². The number of nitrogens with two attached hydrogens (primary N) is 1. The quantitative estimate of drug-likeness (QED) is 0.201. The van der Waals surface area contributed by atoms with Gasteiger partial charge in [0.2, 0.25) is 17.7 Å². The van der Waals surface area contributed by atoms with Crippen LogP contribution in [-0.2, 0) is 24.0 Å². The number of amides is 3. The SMILES string of the molecule is CSCCC(N)C(=O)NCC(=O)NCC(=O)NC(CCC(=O)O)C(=O)O. The summed E-state index contributed by atoms with van der Waals surface area (Å²) in [6, 6.07) is -2.10. The molecule has 0 aromatic rings. The van der Waals surface area contributed by atoms with Crippen LogP contribution in [0, 0.1) is 0 Å². The Morgan fingerprint density at radius 1 is 1.00 bits per heavy atom. The first-order chi connectivity index (χ1) is 12.2. The van der Waals surface area contributed by atoms with E-state index < -0.39 is 54.7 Å². The fourth-order valence-corrected chi connectivity index (χ4v) is 2.18. The molecule has 0 bridgehead atoms. The Morgan fingerprint density at radius 2 is 1.62 bits per heavy atom. The van der Waals surface area contributed by atoms with Crippen LogP contribution in [0.2, 0.25) is 0 Å². The van der Waals surface area contributed by atoms with Crippen molar-refractivity contribution in [2.75, 3.05) is 25.1 Å². The van der Waals surface area contributed by atoms with Crippen molar-refractivity contribution in [3.63, 3.8) is 0 Å². The van der Waals surface area contributed by atoms with Crippen molar-refractivity contribution in [2.24, 2.45) is 5.73 Å². The molecule has 0 saturated heterocycles. The highest BCUT2D eigenvalue weighted by molar-refractivity contribution is 7.98. The van der Waals surface area contributed by atoms with Gasteiger partial charge in [-0.2, -0.15) is 11.8 Å². The lowest BCUT2D eigenvalue weighted by molar-refractivity contribution is -0.143. The summed E-state index contributed by atoms with van der Waals surface area (Å²) in [5.74, 6) is -3.80. The molecule has 0 aromatic heterocycles. The molecule has 0 heterocycles. The Balaban J connectivity index is 4.16. The first kappa shape index (κ1) is 23.7. The molecule has 3 amide bonds. The Bertz CT molecular complexity index is 529. The van der Waals surface area contributed by atoms with Crippen LogP contribution in [0.25, 0.3) is 0 Å². The van der Waals surface area contributed by atoms with Crippen molar-refractivity contribution in [2.45, 2.75) is 31.3 Å². The van der Waals surface area contributed by atoms with Gasteiger partial charge in [-0.05, 0) is 24.9 Å². The summed E-state index contributed by atoms with van der Waals surface area (Å²) in [4.78, 5) is 56.2. The van der Waals surface area contributed by atoms with E-state index in [9.17, 15) is 24.0 Å². The largest absolute Gasteiger partial charge is 0.481 e. The first-order valence-corrected chi connectivity index (χ1v) is 9.09. The lowest BCUT2D eigenvalue weighted by Gasteiger charge is -2.14. The van der Waals surface area contributed by atoms with E-state index in [0.717, 1.165) is 0 Å². The molecule has 0 aliphatic heterocycles. The maximum Gasteiger partial charge on any atom is 0.326 e. The number of carboxylic acid groups (broad SMARTS) is 2. The van der Waals surface area contributed by atoms with Gasteiger partial charge < -0.3 is 31.9 Å². The number of thioether (sulfide) groups is 1. The van der Waals surface area contributed by atoms with Gasteiger partial charge in [-0.15, -0.1) is 0 Å². The Kier molecular flexibility index (Phi) is 11.8. The van der Waals surface area contributed by atoms with Gasteiger partial charge in [-0.3, -0.25) is 19.2 Å². The van der Waals surface area contributed by atoms with Gasteiger partial charge in [0, 0.05) is 6.42 Å². The van der Waals surface area contributed by atoms with Crippen LogP contribution < -0.4 is 21.7 Å². The van der Waals surface area contributed by atoms with E-state index in [-0.39, 0.29) is 13.0 Å². The molecule has 148 valence electrons. The number of hydrogen-bond acceptors (Lipinski definition) is 7. The standard InChI is InChI=1S/C14H24N4O7S/c1-26-5-4-8(15)13(23)17-6-10(19)16-7-11(20)18-9(14(24)25)2-3-12(21)22/h8-9H,2-7,15H2,1H3,(H,16,19)(H,17,23)(H,18,20)(H,21,22)(H,24,25). The summed E-state index contributed by atoms with van der Waals surface area (Å²) in [5.41, 5.74) is 5.63. The highest BCUT2D eigenvalue weighted by Gasteiger charge is 2.21. The van der Waals surface area contributed by atoms with E-state index in [1.165, 1.54) is 11.8 Å². The number of carbonyl (C=O) groups is 5. The summed E-state index contributed by atoms with van der Waals surface area (Å²) in [7, 11) is 0. The van der Waals surface area contributed by atoms with Crippen molar-refractivity contribution >= 4 is 41.4 Å². The molecule has 2 atom stereocenters. The normalized spacial score (nSPS) is 12.5. The third-order valence-electron chi connectivity index (χ3n) is 3.12. The zero-order chi connectivity index (χ0) is 20.1. The average molecular weight is 392 g/mol. The number of carbonyl (C=O) groups excluding carboxylic acids is 3. The zero-order valence-electron chi connectivity index (χ0n) is 14.3. The monoisotopic (exact) mass is 392 g/mol. The molecule has 26 heavy (non-hydrogen) atoms. The first-order valence-electron chi connectivity index (χ1n) is 7.70. The summed E-state index contributed by atoms with van der Waals surface area (Å²) in [6.45, 7) is -0.884. The van der Waals surface area contributed by atoms with E-state index in [2.05, 4.69) is 16.0 Å². The van der Waals surface area contributed by atoms with Gasteiger partial charge in [0.15, 0.2) is 0 Å². The summed E-state index contributed by atoms with van der Waals surface area (Å²) >= 11 is 1.54. The second kappa shape index (κ2) is 12.9. The molecule has 2 unspecified atom stereocenters. The maximum absolute atomic E-state index is 11.6. The number of carboxylic acids is 2. The van der Waals surface area contributed by atoms with Gasteiger partial charge in [0.25, 0.3) is 0 Å². The molecule has 0 saturated carbocycles. The van der Waals surface area contributed by atoms with Gasteiger partial charge in [-0.1, -0.05) is 0 Å². The summed E-state index contributed by atoms with van der Waals surface area (Å²) in [6.07, 6.45) is 1.63. The van der Waals surface area contributed by atoms with Crippen LogP contribution in [-0.4, -0.2) is 77.1 Å². The van der Waals surface area contributed by atoms with Gasteiger partial charge in [-0.25, -0.2) is 4.79 Å². The van der Waals surface area contributed by atoms with Crippen molar-refractivity contribution in [3.05, 3.63) is 0 Å². The van der Waals surface area contributed by atoms with Gasteiger partial charge in [0.1, 0.15) is 6.04 Å². The molecule has 0 aromatic carbocycles. The van der Waals surface area contributed by atoms with Crippen LogP contribution in [0.3, 0.4) is 0 Å². The fraction of sp³-hybridized carbons (Fsp3) is 0.643. The Labute approximate surface area is 154 Å². The molecule has 0 radical (unpaired) electrons. The number of nitrogens with one attached hydrogen (secondary N) is 3. The summed E-state index contributed by atoms with van der Waals surface area (Å²) in [5, 5.41) is 24.1. The highest BCUT2D eigenvalue weighted by atomic mass is 32.2. The molecular formula is C14H24N4O7S. The van der Waals surface area contributed by atoms with E-state index in [0.29, 0.717) is 12.2 Å². The molecule has 11 nitrogen and oxygen atoms in total. The van der Waals surface area contributed by atoms with Crippen LogP contribution in [0.1, 0.15) is 19.3 Å². The van der Waals surface area contributed by atoms with Gasteiger partial charge >= 0.3 is 11.9 Å². The molecule has 0 aliphatic rings. The van der Waals surface area contributed by atoms with E-state index in [4.69, 9.17) is 15.9 Å². The molecule has 0 spiro atoms. The van der Waals surface area contributed by atoms with Crippen LogP contribution >= 0.6 is 11.8 Å². The highest BCUT2D eigenvalue weighted by Crippen LogP contribution is 1.99. The topological polar surface area (TPSA) is 188 Å². The number of rotatable bonds is 13. The molecule has 0 rings (SSSR count). The fourth-order valence-electron chi connectivity index (χ4n) is 1.69. The number of hydrogen-bond donors (Lipinski definition) is 6. The number of aliphatic carboxylic acids is 2. The average Bonchev–Trinajstić information content (AvgIpc) is 2.58. The van der Waals surface area contributed by atoms with Crippen molar-refractivity contribution in [1.29, 1.82) is 0 Å². The van der Waals surface area contributed by atoms with Crippen LogP contribution in [0.15, 0.2) is 0 Å². The van der Waals surface area contributed by atoms with Crippen molar-refractivity contribution in [1.82, 2.24) is 16.0 Å². The molecule has 7 N–H and O–H groups in total. The summed E-state index contributed by atoms with van der Waals surface area (Å²) < 4.78 is 0. The Hall–Kier alpha value is -2.34. The molecular weight excluding hydrogens is 368 g/mol.